The second kappa shape index (κ2) is 3.10. The van der Waals surface area contributed by atoms with E-state index in [0.29, 0.717) is 0 Å². The zero-order valence-corrected chi connectivity index (χ0v) is 3.12. The molecule has 0 saturated carbocycles. The van der Waals surface area contributed by atoms with E-state index in [4.69, 9.17) is 19.8 Å². The second-order valence-electron chi connectivity index (χ2n) is 0.610. The van der Waals surface area contributed by atoms with Crippen LogP contribution in [0.25, 0.3) is 0 Å². The van der Waals surface area contributed by atoms with Crippen LogP contribution in [-0.4, -0.2) is 22.2 Å². The molecule has 0 heterocycles. The monoisotopic (exact) mass is 106 g/mol. The lowest BCUT2D eigenvalue weighted by Gasteiger charge is -1.72. The molecule has 0 atom stereocenters. The average molecular weight is 106 g/mol. The van der Waals surface area contributed by atoms with E-state index in [2.05, 4.69) is 0 Å². The third-order valence-electron chi connectivity index (χ3n) is 0.183. The molecule has 0 unspecified atom stereocenters. The summed E-state index contributed by atoms with van der Waals surface area (Å²) in [6.45, 7) is 0. The molecule has 0 rings (SSSR count). The first kappa shape index (κ1) is 9.31. The summed E-state index contributed by atoms with van der Waals surface area (Å²) in [6, 6.07) is 0. The van der Waals surface area contributed by atoms with Crippen LogP contribution in [-0.2, 0) is 15.1 Å². The van der Waals surface area contributed by atoms with Gasteiger partial charge in [-0.15, -0.1) is 0 Å². The molecule has 0 aromatic carbocycles. The van der Waals surface area contributed by atoms with Crippen molar-refractivity contribution < 1.29 is 25.3 Å². The van der Waals surface area contributed by atoms with Crippen molar-refractivity contribution in [2.45, 2.75) is 0 Å². The van der Waals surface area contributed by atoms with E-state index in [9.17, 15) is 0 Å². The van der Waals surface area contributed by atoms with Crippen LogP contribution in [0.5, 0.6) is 0 Å². The molecule has 0 spiro atoms. The van der Waals surface area contributed by atoms with Crippen LogP contribution >= 0.6 is 0 Å². The van der Waals surface area contributed by atoms with Gasteiger partial charge in [-0.05, 0) is 0 Å². The van der Waals surface area contributed by atoms with Gasteiger partial charge in [-0.2, -0.15) is 0 Å². The number of carboxylic acids is 2. The van der Waals surface area contributed by atoms with E-state index in [1.807, 2.05) is 0 Å². The highest BCUT2D eigenvalue weighted by Crippen LogP contribution is 1.56. The summed E-state index contributed by atoms with van der Waals surface area (Å²) in [5.41, 5.74) is 0. The molecule has 0 aromatic heterocycles. The van der Waals surface area contributed by atoms with Crippen molar-refractivity contribution in [2.24, 2.45) is 0 Å². The third-order valence-corrected chi connectivity index (χ3v) is 0.183. The summed E-state index contributed by atoms with van der Waals surface area (Å²) in [5.74, 6) is -3.65. The first-order valence-corrected chi connectivity index (χ1v) is 1.11. The SMILES string of the molecule is O=C(O)C(=O)O.[O]. The molecule has 5 nitrogen and oxygen atoms in total. The summed E-state index contributed by atoms with van der Waals surface area (Å²) < 4.78 is 0. The lowest BCUT2D eigenvalue weighted by molar-refractivity contribution is -0.159. The van der Waals surface area contributed by atoms with Gasteiger partial charge in [0.1, 0.15) is 0 Å². The Morgan fingerprint density at radius 1 is 1.00 bits per heavy atom. The Balaban J connectivity index is 0. The second-order valence-corrected chi connectivity index (χ2v) is 0.610. The van der Waals surface area contributed by atoms with Gasteiger partial charge in [0.05, 0.1) is 0 Å². The Morgan fingerprint density at radius 3 is 1.14 bits per heavy atom. The van der Waals surface area contributed by atoms with Crippen molar-refractivity contribution in [1.29, 1.82) is 0 Å². The molecule has 7 heavy (non-hydrogen) atoms. The van der Waals surface area contributed by atoms with Crippen molar-refractivity contribution >= 4 is 11.9 Å². The molecule has 0 aromatic rings. The topological polar surface area (TPSA) is 103 Å². The molecule has 0 aliphatic carbocycles. The number of aliphatic carboxylic acids is 2. The average Bonchev–Trinajstić information content (AvgIpc) is 1.36. The fraction of sp³-hybridized carbons (Fsp3) is 0. The normalized spacial score (nSPS) is 6.29. The highest BCUT2D eigenvalue weighted by atomic mass is 16.4. The fourth-order valence-corrected chi connectivity index (χ4v) is 0. The summed E-state index contributed by atoms with van der Waals surface area (Å²) in [7, 11) is 0. The van der Waals surface area contributed by atoms with E-state index < -0.39 is 11.9 Å². The maximum atomic E-state index is 9.10. The Morgan fingerprint density at radius 2 is 1.14 bits per heavy atom. The standard InChI is InChI=1S/C2H2O4.O/c3-1(4)2(5)6;/h(H,3,4)(H,5,6);. The molecular weight excluding hydrogens is 104 g/mol. The number of hydrogen-bond donors (Lipinski definition) is 2. The van der Waals surface area contributed by atoms with Crippen LogP contribution < -0.4 is 0 Å². The molecule has 40 valence electrons. The van der Waals surface area contributed by atoms with Crippen LogP contribution in [0.1, 0.15) is 0 Å². The Hall–Kier alpha value is -1.10. The summed E-state index contributed by atoms with van der Waals surface area (Å²) >= 11 is 0. The van der Waals surface area contributed by atoms with Crippen molar-refractivity contribution in [3.8, 4) is 0 Å². The summed E-state index contributed by atoms with van der Waals surface area (Å²) in [5, 5.41) is 14.8. The van der Waals surface area contributed by atoms with E-state index >= 15 is 0 Å². The van der Waals surface area contributed by atoms with Gasteiger partial charge in [-0.3, -0.25) is 0 Å². The van der Waals surface area contributed by atoms with Crippen molar-refractivity contribution in [3.63, 3.8) is 0 Å². The third kappa shape index (κ3) is 4.90. The first-order valence-electron chi connectivity index (χ1n) is 1.11. The number of carbonyl (C=O) groups is 2. The molecule has 0 amide bonds. The Bertz CT molecular complexity index is 72.1. The lowest BCUT2D eigenvalue weighted by atomic mass is 10.7. The van der Waals surface area contributed by atoms with Crippen molar-refractivity contribution in [1.82, 2.24) is 0 Å². The minimum absolute atomic E-state index is 0. The van der Waals surface area contributed by atoms with Crippen LogP contribution in [0.2, 0.25) is 0 Å². The van der Waals surface area contributed by atoms with E-state index in [0.717, 1.165) is 0 Å². The Labute approximate surface area is 38.5 Å². The summed E-state index contributed by atoms with van der Waals surface area (Å²) in [4.78, 5) is 18.2. The number of carboxylic acid groups (broad SMARTS) is 2. The van der Waals surface area contributed by atoms with Gasteiger partial charge in [0, 0.05) is 5.48 Å². The summed E-state index contributed by atoms with van der Waals surface area (Å²) in [6.07, 6.45) is 0. The maximum Gasteiger partial charge on any atom is 0.414 e. The molecule has 2 radical (unpaired) electrons. The first-order chi connectivity index (χ1) is 2.64. The van der Waals surface area contributed by atoms with Crippen LogP contribution in [0.15, 0.2) is 0 Å². The molecule has 0 aliphatic rings. The highest BCUT2D eigenvalue weighted by molar-refractivity contribution is 6.27. The molecule has 0 aliphatic heterocycles. The zero-order valence-electron chi connectivity index (χ0n) is 3.12. The molecule has 0 fully saturated rings. The number of rotatable bonds is 0. The van der Waals surface area contributed by atoms with Gasteiger partial charge in [0.25, 0.3) is 0 Å². The van der Waals surface area contributed by atoms with Gasteiger partial charge in [0.15, 0.2) is 0 Å². The van der Waals surface area contributed by atoms with Gasteiger partial charge in [0.2, 0.25) is 0 Å². The van der Waals surface area contributed by atoms with E-state index in [1.165, 1.54) is 0 Å². The van der Waals surface area contributed by atoms with Crippen molar-refractivity contribution in [3.05, 3.63) is 0 Å². The van der Waals surface area contributed by atoms with Crippen LogP contribution in [0.4, 0.5) is 0 Å². The minimum Gasteiger partial charge on any atom is -0.473 e. The quantitative estimate of drug-likeness (QED) is 0.388. The van der Waals surface area contributed by atoms with Crippen molar-refractivity contribution in [2.75, 3.05) is 0 Å². The molecule has 2 N–H and O–H groups in total. The van der Waals surface area contributed by atoms with E-state index in [-0.39, 0.29) is 5.48 Å². The molecule has 5 heteroatoms. The Kier molecular flexibility index (Phi) is 4.13. The lowest BCUT2D eigenvalue weighted by Crippen LogP contribution is -2.09. The zero-order chi connectivity index (χ0) is 5.15. The minimum atomic E-state index is -1.82. The van der Waals surface area contributed by atoms with E-state index in [1.54, 1.807) is 0 Å². The van der Waals surface area contributed by atoms with Crippen LogP contribution in [0, 0.1) is 0 Å². The molecule has 0 bridgehead atoms. The highest BCUT2D eigenvalue weighted by Gasteiger charge is 2.04. The molecular formula is C2H2O5. The predicted molar refractivity (Wildman–Crippen MR) is 16.0 cm³/mol. The smallest absolute Gasteiger partial charge is 0.414 e. The maximum absolute atomic E-state index is 9.10. The van der Waals surface area contributed by atoms with Gasteiger partial charge in [-0.1, -0.05) is 0 Å². The van der Waals surface area contributed by atoms with Gasteiger partial charge < -0.3 is 10.2 Å². The molecule has 0 saturated heterocycles. The van der Waals surface area contributed by atoms with Gasteiger partial charge >= 0.3 is 11.9 Å². The predicted octanol–water partition coefficient (Wildman–Crippen LogP) is -0.963. The fourth-order valence-electron chi connectivity index (χ4n) is 0. The van der Waals surface area contributed by atoms with Gasteiger partial charge in [-0.25, -0.2) is 9.59 Å². The largest absolute Gasteiger partial charge is 0.473 e. The van der Waals surface area contributed by atoms with Crippen LogP contribution in [0.3, 0.4) is 0 Å². The number of hydrogen-bond acceptors (Lipinski definition) is 2.